The van der Waals surface area contributed by atoms with Crippen LogP contribution >= 0.6 is 11.6 Å². The molecule has 1 saturated carbocycles. The summed E-state index contributed by atoms with van der Waals surface area (Å²) >= 11 is 6.35. The van der Waals surface area contributed by atoms with Crippen molar-refractivity contribution in [2.45, 2.75) is 70.7 Å². The molecule has 2 heterocycles. The van der Waals surface area contributed by atoms with E-state index in [4.69, 9.17) is 16.3 Å². The van der Waals surface area contributed by atoms with Crippen molar-refractivity contribution < 1.29 is 19.4 Å². The number of benzene rings is 2. The predicted molar refractivity (Wildman–Crippen MR) is 153 cm³/mol. The van der Waals surface area contributed by atoms with Crippen molar-refractivity contribution >= 4 is 23.4 Å². The predicted octanol–water partition coefficient (Wildman–Crippen LogP) is 5.91. The minimum absolute atomic E-state index is 0.00666. The fourth-order valence-electron chi connectivity index (χ4n) is 6.29. The van der Waals surface area contributed by atoms with Gasteiger partial charge in [-0.1, -0.05) is 17.7 Å². The van der Waals surface area contributed by atoms with Crippen LogP contribution in [0.5, 0.6) is 5.75 Å². The Labute approximate surface area is 234 Å². The van der Waals surface area contributed by atoms with E-state index in [1.54, 1.807) is 26.3 Å². The summed E-state index contributed by atoms with van der Waals surface area (Å²) in [6, 6.07) is 12.9. The van der Waals surface area contributed by atoms with Gasteiger partial charge in [-0.15, -0.1) is 0 Å². The van der Waals surface area contributed by atoms with E-state index < -0.39 is 0 Å². The van der Waals surface area contributed by atoms with Crippen molar-refractivity contribution in [3.8, 4) is 17.0 Å². The largest absolute Gasteiger partial charge is 0.496 e. The number of methoxy groups -OCH3 is 1. The summed E-state index contributed by atoms with van der Waals surface area (Å²) in [5.41, 5.74) is 5.77. The zero-order chi connectivity index (χ0) is 28.0. The normalized spacial score (nSPS) is 20.9. The number of aryl methyl sites for hydroxylation is 1. The lowest BCUT2D eigenvalue weighted by molar-refractivity contribution is 0.0457. The molecule has 2 aliphatic rings. The van der Waals surface area contributed by atoms with Gasteiger partial charge in [0.15, 0.2) is 0 Å². The second kappa shape index (κ2) is 10.7. The molecule has 0 spiro atoms. The van der Waals surface area contributed by atoms with Gasteiger partial charge in [0, 0.05) is 35.3 Å². The van der Waals surface area contributed by atoms with Gasteiger partial charge in [-0.2, -0.15) is 0 Å². The number of rotatable bonds is 6. The van der Waals surface area contributed by atoms with Crippen LogP contribution in [0.15, 0.2) is 42.5 Å². The number of ether oxygens (including phenoxy) is 1. The van der Waals surface area contributed by atoms with E-state index >= 15 is 0 Å². The van der Waals surface area contributed by atoms with Gasteiger partial charge in [0.1, 0.15) is 5.75 Å². The molecule has 39 heavy (non-hydrogen) atoms. The Bertz CT molecular complexity index is 1420. The first-order valence-corrected chi connectivity index (χ1v) is 14.0. The fourth-order valence-corrected chi connectivity index (χ4v) is 6.52. The molecule has 5 rings (SSSR count). The topological polar surface area (TPSA) is 83.8 Å². The molecular weight excluding hydrogens is 514 g/mol. The maximum absolute atomic E-state index is 14.3. The molecule has 0 bridgehead atoms. The Hall–Kier alpha value is -3.29. The maximum Gasteiger partial charge on any atom is 0.256 e. The van der Waals surface area contributed by atoms with Crippen LogP contribution in [0.3, 0.4) is 0 Å². The number of aliphatic hydroxyl groups excluding tert-OH is 1. The molecule has 1 atom stereocenters. The molecule has 1 aliphatic carbocycles. The van der Waals surface area contributed by atoms with Crippen LogP contribution in [0.2, 0.25) is 5.02 Å². The maximum atomic E-state index is 14.3. The highest BCUT2D eigenvalue weighted by Gasteiger charge is 2.46. The van der Waals surface area contributed by atoms with Crippen molar-refractivity contribution in [2.75, 3.05) is 14.2 Å². The second-order valence-electron chi connectivity index (χ2n) is 10.9. The number of nitrogens with one attached hydrogen (secondary N) is 1. The molecule has 1 fully saturated rings. The highest BCUT2D eigenvalue weighted by atomic mass is 35.5. The van der Waals surface area contributed by atoms with Crippen molar-refractivity contribution in [1.29, 1.82) is 0 Å². The smallest absolute Gasteiger partial charge is 0.256 e. The van der Waals surface area contributed by atoms with E-state index in [0.29, 0.717) is 34.7 Å². The SMILES string of the molecule is CNC(=O)c1ccc(OC)c(-c2cc3c(n2C(C)C)C(c2ccc(Cl)cc2C)N([C@H]2CC[C@H](O)CC2)C3=O)c1. The van der Waals surface area contributed by atoms with E-state index in [9.17, 15) is 14.7 Å². The first-order valence-electron chi connectivity index (χ1n) is 13.6. The quantitative estimate of drug-likeness (QED) is 0.400. The van der Waals surface area contributed by atoms with Crippen molar-refractivity contribution in [2.24, 2.45) is 0 Å². The summed E-state index contributed by atoms with van der Waals surface area (Å²) in [6.07, 6.45) is 2.58. The number of fused-ring (bicyclic) bond motifs is 1. The van der Waals surface area contributed by atoms with Gasteiger partial charge in [0.05, 0.1) is 36.2 Å². The van der Waals surface area contributed by atoms with Crippen LogP contribution in [-0.2, 0) is 0 Å². The lowest BCUT2D eigenvalue weighted by atomic mass is 9.90. The molecule has 1 aromatic heterocycles. The van der Waals surface area contributed by atoms with Crippen LogP contribution in [0.4, 0.5) is 0 Å². The molecule has 206 valence electrons. The number of carbonyl (C=O) groups is 2. The number of nitrogens with zero attached hydrogens (tertiary/aromatic N) is 2. The molecular formula is C31H36ClN3O4. The standard InChI is InChI=1S/C31H36ClN3O4/c1-17(2)34-26(24-15-19(30(37)33-4)6-13-27(24)39-5)16-25-29(34)28(23-12-7-20(32)14-18(23)3)35(31(25)38)21-8-10-22(36)11-9-21/h6-7,12-17,21-22,28,36H,8-11H2,1-5H3,(H,33,37)/t21-,22-,28?. The van der Waals surface area contributed by atoms with Gasteiger partial charge in [0.2, 0.25) is 0 Å². The minimum Gasteiger partial charge on any atom is -0.496 e. The van der Waals surface area contributed by atoms with E-state index in [1.807, 2.05) is 42.2 Å². The number of carbonyl (C=O) groups excluding carboxylic acids is 2. The third-order valence-electron chi connectivity index (χ3n) is 8.15. The van der Waals surface area contributed by atoms with Crippen LogP contribution < -0.4 is 10.1 Å². The molecule has 2 N–H and O–H groups in total. The van der Waals surface area contributed by atoms with Crippen LogP contribution in [0.1, 0.15) is 89.2 Å². The lowest BCUT2D eigenvalue weighted by Gasteiger charge is -2.38. The van der Waals surface area contributed by atoms with Crippen molar-refractivity contribution in [1.82, 2.24) is 14.8 Å². The first-order chi connectivity index (χ1) is 18.7. The number of aliphatic hydroxyl groups is 1. The third-order valence-corrected chi connectivity index (χ3v) is 8.38. The Kier molecular flexibility index (Phi) is 7.49. The summed E-state index contributed by atoms with van der Waals surface area (Å²) in [6.45, 7) is 6.25. The molecule has 0 radical (unpaired) electrons. The van der Waals surface area contributed by atoms with E-state index in [2.05, 4.69) is 23.7 Å². The highest BCUT2D eigenvalue weighted by molar-refractivity contribution is 6.30. The molecule has 0 saturated heterocycles. The zero-order valence-electron chi connectivity index (χ0n) is 23.1. The van der Waals surface area contributed by atoms with Gasteiger partial charge in [-0.3, -0.25) is 9.59 Å². The number of hydrogen-bond acceptors (Lipinski definition) is 4. The molecule has 8 heteroatoms. The number of halogens is 1. The van der Waals surface area contributed by atoms with Crippen LogP contribution in [0, 0.1) is 6.92 Å². The molecule has 1 unspecified atom stereocenters. The summed E-state index contributed by atoms with van der Waals surface area (Å²) in [5, 5.41) is 13.5. The van der Waals surface area contributed by atoms with Crippen molar-refractivity contribution in [3.63, 3.8) is 0 Å². The Morgan fingerprint density at radius 2 is 1.79 bits per heavy atom. The molecule has 3 aromatic rings. The van der Waals surface area contributed by atoms with E-state index in [1.165, 1.54) is 0 Å². The molecule has 2 amide bonds. The van der Waals surface area contributed by atoms with E-state index in [-0.39, 0.29) is 36.0 Å². The first kappa shape index (κ1) is 27.3. The average Bonchev–Trinajstić information content (AvgIpc) is 3.44. The summed E-state index contributed by atoms with van der Waals surface area (Å²) < 4.78 is 7.94. The van der Waals surface area contributed by atoms with Crippen LogP contribution in [-0.4, -0.2) is 52.7 Å². The molecule has 2 aromatic carbocycles. The van der Waals surface area contributed by atoms with Gasteiger partial charge < -0.3 is 24.6 Å². The third kappa shape index (κ3) is 4.72. The monoisotopic (exact) mass is 549 g/mol. The van der Waals surface area contributed by atoms with Gasteiger partial charge in [-0.05, 0) is 94.0 Å². The number of amides is 2. The van der Waals surface area contributed by atoms with Gasteiger partial charge in [-0.25, -0.2) is 0 Å². The fraction of sp³-hybridized carbons (Fsp3) is 0.419. The number of aromatic nitrogens is 1. The Balaban J connectivity index is 1.74. The summed E-state index contributed by atoms with van der Waals surface area (Å²) in [7, 11) is 3.22. The van der Waals surface area contributed by atoms with Gasteiger partial charge in [0.25, 0.3) is 11.8 Å². The molecule has 7 nitrogen and oxygen atoms in total. The summed E-state index contributed by atoms with van der Waals surface area (Å²) in [5.74, 6) is 0.434. The Morgan fingerprint density at radius 3 is 2.41 bits per heavy atom. The van der Waals surface area contributed by atoms with Gasteiger partial charge >= 0.3 is 0 Å². The highest BCUT2D eigenvalue weighted by Crippen LogP contribution is 2.48. The minimum atomic E-state index is -0.312. The van der Waals surface area contributed by atoms with Crippen molar-refractivity contribution in [3.05, 3.63) is 75.4 Å². The van der Waals surface area contributed by atoms with E-state index in [0.717, 1.165) is 40.9 Å². The zero-order valence-corrected chi connectivity index (χ0v) is 23.9. The number of hydrogen-bond donors (Lipinski definition) is 2. The lowest BCUT2D eigenvalue weighted by Crippen LogP contribution is -2.42. The second-order valence-corrected chi connectivity index (χ2v) is 11.3. The average molecular weight is 550 g/mol. The molecule has 1 aliphatic heterocycles. The Morgan fingerprint density at radius 1 is 1.08 bits per heavy atom. The van der Waals surface area contributed by atoms with Crippen LogP contribution in [0.25, 0.3) is 11.3 Å². The summed E-state index contributed by atoms with van der Waals surface area (Å²) in [4.78, 5) is 28.8.